The fourth-order valence-electron chi connectivity index (χ4n) is 2.10. The molecule has 1 aromatic rings. The van der Waals surface area contributed by atoms with Gasteiger partial charge in [0.1, 0.15) is 5.69 Å². The first-order valence-electron chi connectivity index (χ1n) is 7.66. The summed E-state index contributed by atoms with van der Waals surface area (Å²) in [5, 5.41) is 16.8. The van der Waals surface area contributed by atoms with Crippen molar-refractivity contribution in [2.24, 2.45) is 5.92 Å². The molecule has 0 heterocycles. The lowest BCUT2D eigenvalue weighted by molar-refractivity contribution is -0.384. The lowest BCUT2D eigenvalue weighted by atomic mass is 10.0. The minimum Gasteiger partial charge on any atom is -0.379 e. The smallest absolute Gasteiger partial charge is 0.292 e. The van der Waals surface area contributed by atoms with Crippen molar-refractivity contribution in [2.75, 3.05) is 11.9 Å². The third kappa shape index (κ3) is 6.56. The van der Waals surface area contributed by atoms with Gasteiger partial charge in [-0.3, -0.25) is 14.9 Å². The number of carbonyl (C=O) groups excluding carboxylic acids is 1. The average molecular weight is 307 g/mol. The van der Waals surface area contributed by atoms with Gasteiger partial charge in [0, 0.05) is 25.1 Å². The summed E-state index contributed by atoms with van der Waals surface area (Å²) in [6, 6.07) is 6.58. The molecule has 0 aromatic heterocycles. The highest BCUT2D eigenvalue weighted by atomic mass is 16.6. The standard InChI is InChI=1S/C16H25N3O3/c1-12(2)8-9-13(3)18-16(20)10-11-17-14-6-4-5-7-15(14)19(21)22/h4-7,12-13,17H,8-11H2,1-3H3,(H,18,20). The molecule has 22 heavy (non-hydrogen) atoms. The van der Waals surface area contributed by atoms with Crippen LogP contribution in [-0.2, 0) is 4.79 Å². The molecule has 0 saturated carbocycles. The number of hydrogen-bond donors (Lipinski definition) is 2. The number of nitro benzene ring substituents is 1. The Balaban J connectivity index is 2.35. The van der Waals surface area contributed by atoms with E-state index in [0.717, 1.165) is 12.8 Å². The molecule has 122 valence electrons. The molecule has 1 atom stereocenters. The Morgan fingerprint density at radius 3 is 2.55 bits per heavy atom. The van der Waals surface area contributed by atoms with Gasteiger partial charge in [-0.15, -0.1) is 0 Å². The van der Waals surface area contributed by atoms with Gasteiger partial charge in [-0.2, -0.15) is 0 Å². The van der Waals surface area contributed by atoms with Crippen molar-refractivity contribution in [2.45, 2.75) is 46.1 Å². The number of nitro groups is 1. The summed E-state index contributed by atoms with van der Waals surface area (Å²) in [6.45, 7) is 6.68. The third-order valence-electron chi connectivity index (χ3n) is 3.35. The molecule has 1 unspecified atom stereocenters. The lowest BCUT2D eigenvalue weighted by Gasteiger charge is -2.15. The summed E-state index contributed by atoms with van der Waals surface area (Å²) < 4.78 is 0. The first kappa shape index (κ1) is 17.9. The topological polar surface area (TPSA) is 84.3 Å². The number of anilines is 1. The predicted octanol–water partition coefficient (Wildman–Crippen LogP) is 3.34. The van der Waals surface area contributed by atoms with Gasteiger partial charge in [0.15, 0.2) is 0 Å². The average Bonchev–Trinajstić information content (AvgIpc) is 2.45. The fourth-order valence-corrected chi connectivity index (χ4v) is 2.10. The molecule has 6 heteroatoms. The molecule has 1 aromatic carbocycles. The second-order valence-corrected chi connectivity index (χ2v) is 5.89. The first-order valence-corrected chi connectivity index (χ1v) is 7.66. The van der Waals surface area contributed by atoms with Crippen molar-refractivity contribution in [1.29, 1.82) is 0 Å². The minimum atomic E-state index is -0.434. The van der Waals surface area contributed by atoms with E-state index < -0.39 is 4.92 Å². The van der Waals surface area contributed by atoms with Crippen LogP contribution in [0.4, 0.5) is 11.4 Å². The van der Waals surface area contributed by atoms with Crippen molar-refractivity contribution < 1.29 is 9.72 Å². The zero-order chi connectivity index (χ0) is 16.5. The van der Waals surface area contributed by atoms with Gasteiger partial charge in [0.2, 0.25) is 5.91 Å². The molecule has 6 nitrogen and oxygen atoms in total. The number of rotatable bonds is 9. The van der Waals surface area contributed by atoms with Crippen LogP contribution in [0.1, 0.15) is 40.0 Å². The number of nitrogens with one attached hydrogen (secondary N) is 2. The lowest BCUT2D eigenvalue weighted by Crippen LogP contribution is -2.33. The number of benzene rings is 1. The predicted molar refractivity (Wildman–Crippen MR) is 87.9 cm³/mol. The Labute approximate surface area is 131 Å². The zero-order valence-electron chi connectivity index (χ0n) is 13.5. The summed E-state index contributed by atoms with van der Waals surface area (Å²) in [5.41, 5.74) is 0.460. The maximum Gasteiger partial charge on any atom is 0.292 e. The zero-order valence-corrected chi connectivity index (χ0v) is 13.5. The van der Waals surface area contributed by atoms with Crippen LogP contribution in [0.5, 0.6) is 0 Å². The number of amides is 1. The molecule has 1 rings (SSSR count). The van der Waals surface area contributed by atoms with Crippen LogP contribution >= 0.6 is 0 Å². The fraction of sp³-hybridized carbons (Fsp3) is 0.562. The molecule has 1 amide bonds. The molecular formula is C16H25N3O3. The molecule has 0 bridgehead atoms. The maximum absolute atomic E-state index is 11.8. The van der Waals surface area contributed by atoms with Crippen LogP contribution in [0.25, 0.3) is 0 Å². The quantitative estimate of drug-likeness (QED) is 0.541. The summed E-state index contributed by atoms with van der Waals surface area (Å²) in [6.07, 6.45) is 2.33. The number of nitrogens with zero attached hydrogens (tertiary/aromatic N) is 1. The van der Waals surface area contributed by atoms with Crippen LogP contribution in [0, 0.1) is 16.0 Å². The number of hydrogen-bond acceptors (Lipinski definition) is 4. The van der Waals surface area contributed by atoms with E-state index >= 15 is 0 Å². The summed E-state index contributed by atoms with van der Waals surface area (Å²) >= 11 is 0. The van der Waals surface area contributed by atoms with E-state index in [-0.39, 0.29) is 24.1 Å². The minimum absolute atomic E-state index is 0.0215. The molecule has 0 aliphatic rings. The van der Waals surface area contributed by atoms with E-state index in [1.807, 2.05) is 6.92 Å². The Hall–Kier alpha value is -2.11. The molecule has 0 saturated heterocycles. The van der Waals surface area contributed by atoms with E-state index in [9.17, 15) is 14.9 Å². The van der Waals surface area contributed by atoms with Gasteiger partial charge in [0.25, 0.3) is 5.69 Å². The number of carbonyl (C=O) groups is 1. The van der Waals surface area contributed by atoms with Gasteiger partial charge in [0.05, 0.1) is 4.92 Å². The highest BCUT2D eigenvalue weighted by molar-refractivity contribution is 5.77. The molecule has 0 spiro atoms. The highest BCUT2D eigenvalue weighted by Crippen LogP contribution is 2.22. The summed E-state index contributed by atoms with van der Waals surface area (Å²) in [7, 11) is 0. The van der Waals surface area contributed by atoms with Crippen molar-refractivity contribution in [1.82, 2.24) is 5.32 Å². The Morgan fingerprint density at radius 1 is 1.23 bits per heavy atom. The van der Waals surface area contributed by atoms with Gasteiger partial charge >= 0.3 is 0 Å². The van der Waals surface area contributed by atoms with Crippen molar-refractivity contribution >= 4 is 17.3 Å². The van der Waals surface area contributed by atoms with E-state index in [4.69, 9.17) is 0 Å². The van der Waals surface area contributed by atoms with Crippen LogP contribution in [0.3, 0.4) is 0 Å². The molecule has 2 N–H and O–H groups in total. The van der Waals surface area contributed by atoms with Crippen LogP contribution in [-0.4, -0.2) is 23.4 Å². The highest BCUT2D eigenvalue weighted by Gasteiger charge is 2.12. The SMILES string of the molecule is CC(C)CCC(C)NC(=O)CCNc1ccccc1[N+](=O)[O-]. The molecule has 0 radical (unpaired) electrons. The van der Waals surface area contributed by atoms with Crippen molar-refractivity contribution in [3.05, 3.63) is 34.4 Å². The van der Waals surface area contributed by atoms with E-state index in [1.165, 1.54) is 6.07 Å². The number of para-hydroxylation sites is 2. The second kappa shape index (κ2) is 9.02. The maximum atomic E-state index is 11.8. The van der Waals surface area contributed by atoms with Crippen molar-refractivity contribution in [3.8, 4) is 0 Å². The Bertz CT molecular complexity index is 503. The van der Waals surface area contributed by atoms with E-state index in [2.05, 4.69) is 24.5 Å². The van der Waals surface area contributed by atoms with Gasteiger partial charge in [-0.05, 0) is 31.7 Å². The first-order chi connectivity index (χ1) is 10.4. The molecular weight excluding hydrogens is 282 g/mol. The van der Waals surface area contributed by atoms with E-state index in [0.29, 0.717) is 18.2 Å². The largest absolute Gasteiger partial charge is 0.379 e. The van der Waals surface area contributed by atoms with Gasteiger partial charge in [-0.25, -0.2) is 0 Å². The Kier molecular flexibility index (Phi) is 7.36. The molecule has 0 aliphatic heterocycles. The van der Waals surface area contributed by atoms with Crippen molar-refractivity contribution in [3.63, 3.8) is 0 Å². The van der Waals surface area contributed by atoms with Gasteiger partial charge in [-0.1, -0.05) is 26.0 Å². The molecule has 0 fully saturated rings. The van der Waals surface area contributed by atoms with Crippen LogP contribution < -0.4 is 10.6 Å². The van der Waals surface area contributed by atoms with Crippen LogP contribution in [0.15, 0.2) is 24.3 Å². The second-order valence-electron chi connectivity index (χ2n) is 5.89. The van der Waals surface area contributed by atoms with Crippen LogP contribution in [0.2, 0.25) is 0 Å². The Morgan fingerprint density at radius 2 is 1.91 bits per heavy atom. The van der Waals surface area contributed by atoms with Gasteiger partial charge < -0.3 is 10.6 Å². The monoisotopic (exact) mass is 307 g/mol. The summed E-state index contributed by atoms with van der Waals surface area (Å²) in [5.74, 6) is 0.585. The van der Waals surface area contributed by atoms with E-state index in [1.54, 1.807) is 18.2 Å². The molecule has 0 aliphatic carbocycles. The summed E-state index contributed by atoms with van der Waals surface area (Å²) in [4.78, 5) is 22.3. The third-order valence-corrected chi connectivity index (χ3v) is 3.35. The normalized spacial score (nSPS) is 12.0.